The van der Waals surface area contributed by atoms with E-state index in [2.05, 4.69) is 10.3 Å². The van der Waals surface area contributed by atoms with Crippen LogP contribution in [0.1, 0.15) is 6.42 Å². The van der Waals surface area contributed by atoms with Gasteiger partial charge in [-0.1, -0.05) is 5.21 Å². The minimum atomic E-state index is -0.884. The van der Waals surface area contributed by atoms with E-state index in [9.17, 15) is 4.79 Å². The highest BCUT2D eigenvalue weighted by atomic mass is 16.5. The van der Waals surface area contributed by atoms with Gasteiger partial charge in [-0.3, -0.25) is 4.79 Å². The lowest BCUT2D eigenvalue weighted by Gasteiger charge is -2.01. The van der Waals surface area contributed by atoms with Gasteiger partial charge in [-0.15, -0.1) is 5.10 Å². The first-order valence-corrected chi connectivity index (χ1v) is 3.39. The third-order valence-electron chi connectivity index (χ3n) is 1.24. The zero-order valence-corrected chi connectivity index (χ0v) is 6.60. The molecule has 0 aliphatic heterocycles. The molecule has 12 heavy (non-hydrogen) atoms. The van der Waals surface area contributed by atoms with Gasteiger partial charge in [0, 0.05) is 7.05 Å². The molecule has 0 unspecified atom stereocenters. The molecule has 6 heteroatoms. The van der Waals surface area contributed by atoms with Crippen LogP contribution in [0.25, 0.3) is 0 Å². The fourth-order valence-corrected chi connectivity index (χ4v) is 0.654. The highest BCUT2D eigenvalue weighted by Crippen LogP contribution is 2.04. The molecule has 0 aliphatic rings. The summed E-state index contributed by atoms with van der Waals surface area (Å²) in [6.07, 6.45) is 1.41. The number of carboxylic acids is 1. The van der Waals surface area contributed by atoms with Gasteiger partial charge in [-0.25, -0.2) is 4.68 Å². The molecule has 1 rings (SSSR count). The number of aliphatic carboxylic acids is 1. The maximum atomic E-state index is 10.1. The predicted octanol–water partition coefficient (Wildman–Crippen LogP) is -0.331. The maximum Gasteiger partial charge on any atom is 0.306 e. The summed E-state index contributed by atoms with van der Waals surface area (Å²) in [5.41, 5.74) is 0. The number of carbonyl (C=O) groups is 1. The molecule has 6 nitrogen and oxygen atoms in total. The summed E-state index contributed by atoms with van der Waals surface area (Å²) in [7, 11) is 1.67. The monoisotopic (exact) mass is 171 g/mol. The minimum Gasteiger partial charge on any atom is -0.481 e. The van der Waals surface area contributed by atoms with Crippen LogP contribution in [0.15, 0.2) is 6.20 Å². The Kier molecular flexibility index (Phi) is 2.62. The van der Waals surface area contributed by atoms with Crippen LogP contribution in [-0.2, 0) is 11.8 Å². The SMILES string of the molecule is Cn1nncc1OCCC(=O)O. The smallest absolute Gasteiger partial charge is 0.306 e. The van der Waals surface area contributed by atoms with E-state index in [1.165, 1.54) is 10.9 Å². The Balaban J connectivity index is 2.33. The van der Waals surface area contributed by atoms with Crippen molar-refractivity contribution in [2.45, 2.75) is 6.42 Å². The van der Waals surface area contributed by atoms with Crippen molar-refractivity contribution in [2.75, 3.05) is 6.61 Å². The second kappa shape index (κ2) is 3.70. The Morgan fingerprint density at radius 1 is 1.83 bits per heavy atom. The van der Waals surface area contributed by atoms with E-state index in [0.717, 1.165) is 0 Å². The van der Waals surface area contributed by atoms with Crippen molar-refractivity contribution >= 4 is 5.97 Å². The lowest BCUT2D eigenvalue weighted by molar-refractivity contribution is -0.137. The molecule has 0 saturated carbocycles. The van der Waals surface area contributed by atoms with Crippen LogP contribution >= 0.6 is 0 Å². The molecular weight excluding hydrogens is 162 g/mol. The summed E-state index contributed by atoms with van der Waals surface area (Å²) in [4.78, 5) is 10.1. The highest BCUT2D eigenvalue weighted by Gasteiger charge is 2.01. The minimum absolute atomic E-state index is 0.0226. The second-order valence-corrected chi connectivity index (χ2v) is 2.19. The molecule has 1 aromatic rings. The van der Waals surface area contributed by atoms with Crippen molar-refractivity contribution in [3.8, 4) is 5.88 Å². The number of aryl methyl sites for hydroxylation is 1. The van der Waals surface area contributed by atoms with Crippen LogP contribution < -0.4 is 4.74 Å². The van der Waals surface area contributed by atoms with Crippen LogP contribution in [0.5, 0.6) is 5.88 Å². The van der Waals surface area contributed by atoms with Crippen molar-refractivity contribution in [3.63, 3.8) is 0 Å². The summed E-state index contributed by atoms with van der Waals surface area (Å²) >= 11 is 0. The highest BCUT2D eigenvalue weighted by molar-refractivity contribution is 5.66. The van der Waals surface area contributed by atoms with Gasteiger partial charge in [0.1, 0.15) is 12.8 Å². The van der Waals surface area contributed by atoms with Crippen molar-refractivity contribution in [2.24, 2.45) is 7.05 Å². The first-order chi connectivity index (χ1) is 5.70. The van der Waals surface area contributed by atoms with Gasteiger partial charge in [0.15, 0.2) is 0 Å². The van der Waals surface area contributed by atoms with Gasteiger partial charge in [0.2, 0.25) is 5.88 Å². The summed E-state index contributed by atoms with van der Waals surface area (Å²) < 4.78 is 6.48. The molecule has 0 aromatic carbocycles. The van der Waals surface area contributed by atoms with E-state index in [1.54, 1.807) is 7.05 Å². The van der Waals surface area contributed by atoms with Crippen molar-refractivity contribution in [1.82, 2.24) is 15.0 Å². The summed E-state index contributed by atoms with van der Waals surface area (Å²) in [6.45, 7) is 0.135. The molecule has 0 spiro atoms. The molecule has 0 saturated heterocycles. The molecule has 0 radical (unpaired) electrons. The Morgan fingerprint density at radius 2 is 2.58 bits per heavy atom. The van der Waals surface area contributed by atoms with Gasteiger partial charge >= 0.3 is 5.97 Å². The van der Waals surface area contributed by atoms with E-state index >= 15 is 0 Å². The quantitative estimate of drug-likeness (QED) is 0.671. The molecule has 0 amide bonds. The summed E-state index contributed by atoms with van der Waals surface area (Å²) in [5.74, 6) is -0.415. The fourth-order valence-electron chi connectivity index (χ4n) is 0.654. The van der Waals surface area contributed by atoms with Crippen LogP contribution in [0.2, 0.25) is 0 Å². The van der Waals surface area contributed by atoms with E-state index < -0.39 is 5.97 Å². The zero-order chi connectivity index (χ0) is 8.97. The molecule has 0 aliphatic carbocycles. The number of aromatic nitrogens is 3. The topological polar surface area (TPSA) is 77.2 Å². The summed E-state index contributed by atoms with van der Waals surface area (Å²) in [6, 6.07) is 0. The van der Waals surface area contributed by atoms with Gasteiger partial charge in [-0.05, 0) is 0 Å². The van der Waals surface area contributed by atoms with Gasteiger partial charge in [0.25, 0.3) is 0 Å². The number of rotatable bonds is 4. The Hall–Kier alpha value is -1.59. The summed E-state index contributed by atoms with van der Waals surface area (Å²) in [5, 5.41) is 15.5. The van der Waals surface area contributed by atoms with Gasteiger partial charge in [-0.2, -0.15) is 0 Å². The first kappa shape index (κ1) is 8.51. The fraction of sp³-hybridized carbons (Fsp3) is 0.500. The van der Waals surface area contributed by atoms with Crippen molar-refractivity contribution in [3.05, 3.63) is 6.20 Å². The average molecular weight is 171 g/mol. The van der Waals surface area contributed by atoms with Crippen LogP contribution in [0.3, 0.4) is 0 Å². The number of hydrogen-bond donors (Lipinski definition) is 1. The number of ether oxygens (including phenoxy) is 1. The lowest BCUT2D eigenvalue weighted by atomic mass is 10.5. The normalized spacial score (nSPS) is 9.75. The molecule has 0 fully saturated rings. The molecule has 1 aromatic heterocycles. The Labute approximate surface area is 68.8 Å². The molecule has 66 valence electrons. The molecule has 0 atom stereocenters. The zero-order valence-electron chi connectivity index (χ0n) is 6.60. The number of hydrogen-bond acceptors (Lipinski definition) is 4. The van der Waals surface area contributed by atoms with E-state index in [0.29, 0.717) is 5.88 Å². The van der Waals surface area contributed by atoms with E-state index in [-0.39, 0.29) is 13.0 Å². The Morgan fingerprint density at radius 3 is 3.08 bits per heavy atom. The van der Waals surface area contributed by atoms with Crippen LogP contribution in [-0.4, -0.2) is 32.7 Å². The van der Waals surface area contributed by atoms with E-state index in [4.69, 9.17) is 9.84 Å². The maximum absolute atomic E-state index is 10.1. The van der Waals surface area contributed by atoms with Crippen molar-refractivity contribution < 1.29 is 14.6 Å². The van der Waals surface area contributed by atoms with Gasteiger partial charge < -0.3 is 9.84 Å². The largest absolute Gasteiger partial charge is 0.481 e. The molecule has 0 bridgehead atoms. The average Bonchev–Trinajstić information content (AvgIpc) is 2.36. The third kappa shape index (κ3) is 2.22. The van der Waals surface area contributed by atoms with E-state index in [1.807, 2.05) is 0 Å². The van der Waals surface area contributed by atoms with Gasteiger partial charge in [0.05, 0.1) is 6.42 Å². The molecule has 1 N–H and O–H groups in total. The third-order valence-corrected chi connectivity index (χ3v) is 1.24. The molecule has 1 heterocycles. The number of carboxylic acid groups (broad SMARTS) is 1. The van der Waals surface area contributed by atoms with Crippen LogP contribution in [0.4, 0.5) is 0 Å². The molecular formula is C6H9N3O3. The number of nitrogens with zero attached hydrogens (tertiary/aromatic N) is 3. The predicted molar refractivity (Wildman–Crippen MR) is 38.8 cm³/mol. The second-order valence-electron chi connectivity index (χ2n) is 2.19. The lowest BCUT2D eigenvalue weighted by Crippen LogP contribution is -2.07. The van der Waals surface area contributed by atoms with Crippen LogP contribution in [0, 0.1) is 0 Å². The van der Waals surface area contributed by atoms with Crippen molar-refractivity contribution in [1.29, 1.82) is 0 Å². The first-order valence-electron chi connectivity index (χ1n) is 3.39. The Bertz CT molecular complexity index is 271. The standard InChI is InChI=1S/C6H9N3O3/c1-9-5(4-7-8-9)12-3-2-6(10)11/h4H,2-3H2,1H3,(H,10,11).